The van der Waals surface area contributed by atoms with Gasteiger partial charge in [-0.25, -0.2) is 0 Å². The Hall–Kier alpha value is -1.22. The van der Waals surface area contributed by atoms with E-state index in [0.29, 0.717) is 12.0 Å². The number of hydrogen-bond donors (Lipinski definition) is 1. The van der Waals surface area contributed by atoms with Gasteiger partial charge in [-0.2, -0.15) is 0 Å². The van der Waals surface area contributed by atoms with E-state index in [1.54, 1.807) is 7.11 Å². The van der Waals surface area contributed by atoms with Crippen molar-refractivity contribution in [1.29, 1.82) is 0 Å². The summed E-state index contributed by atoms with van der Waals surface area (Å²) in [5, 5.41) is 3.59. The van der Waals surface area contributed by atoms with Crippen LogP contribution in [0.2, 0.25) is 0 Å². The lowest BCUT2D eigenvalue weighted by molar-refractivity contribution is 0.0482. The summed E-state index contributed by atoms with van der Waals surface area (Å²) in [6, 6.07) is 8.34. The Kier molecular flexibility index (Phi) is 5.30. The van der Waals surface area contributed by atoms with Crippen LogP contribution in [0.15, 0.2) is 24.3 Å². The number of ether oxygens (including phenoxy) is 2. The average Bonchev–Trinajstić information content (AvgIpc) is 2.43. The van der Waals surface area contributed by atoms with Crippen molar-refractivity contribution in [2.45, 2.75) is 45.8 Å². The summed E-state index contributed by atoms with van der Waals surface area (Å²) >= 11 is 0. The lowest BCUT2D eigenvalue weighted by Gasteiger charge is -2.40. The molecule has 2 rings (SSSR count). The highest BCUT2D eigenvalue weighted by atomic mass is 16.5. The van der Waals surface area contributed by atoms with Gasteiger partial charge in [0.15, 0.2) is 0 Å². The van der Waals surface area contributed by atoms with E-state index in [2.05, 4.69) is 26.1 Å². The van der Waals surface area contributed by atoms with E-state index in [4.69, 9.17) is 9.47 Å². The first-order valence-electron chi connectivity index (χ1n) is 7.68. The first-order valence-corrected chi connectivity index (χ1v) is 7.68. The molecule has 1 aliphatic carbocycles. The van der Waals surface area contributed by atoms with Crippen LogP contribution in [0.1, 0.15) is 33.6 Å². The molecule has 0 aliphatic heterocycles. The van der Waals surface area contributed by atoms with Gasteiger partial charge in [0.25, 0.3) is 0 Å². The monoisotopic (exact) mass is 277 g/mol. The van der Waals surface area contributed by atoms with Gasteiger partial charge in [-0.3, -0.25) is 0 Å². The molecule has 0 spiro atoms. The number of hydrogen-bond acceptors (Lipinski definition) is 3. The highest BCUT2D eigenvalue weighted by Crippen LogP contribution is 2.32. The summed E-state index contributed by atoms with van der Waals surface area (Å²) in [6.45, 7) is 7.78. The molecule has 1 N–H and O–H groups in total. The summed E-state index contributed by atoms with van der Waals surface area (Å²) in [5.41, 5.74) is 0. The second kappa shape index (κ2) is 6.98. The minimum atomic E-state index is 0.234. The van der Waals surface area contributed by atoms with Crippen LogP contribution in [0, 0.1) is 11.8 Å². The maximum absolute atomic E-state index is 6.28. The van der Waals surface area contributed by atoms with Gasteiger partial charge in [-0.15, -0.1) is 0 Å². The first-order chi connectivity index (χ1) is 9.63. The van der Waals surface area contributed by atoms with Crippen LogP contribution in [0.5, 0.6) is 11.5 Å². The Morgan fingerprint density at radius 3 is 2.65 bits per heavy atom. The van der Waals surface area contributed by atoms with Crippen LogP contribution in [0.3, 0.4) is 0 Å². The van der Waals surface area contributed by atoms with E-state index in [1.807, 2.05) is 24.3 Å². The minimum Gasteiger partial charge on any atom is -0.497 e. The largest absolute Gasteiger partial charge is 0.497 e. The van der Waals surface area contributed by atoms with E-state index in [0.717, 1.165) is 24.0 Å². The van der Waals surface area contributed by atoms with Crippen molar-refractivity contribution in [3.63, 3.8) is 0 Å². The number of methoxy groups -OCH3 is 1. The molecule has 0 aromatic heterocycles. The molecule has 1 aromatic rings. The van der Waals surface area contributed by atoms with Crippen LogP contribution in [-0.2, 0) is 0 Å². The third kappa shape index (κ3) is 3.66. The number of benzene rings is 1. The predicted octanol–water partition coefficient (Wildman–Crippen LogP) is 3.49. The molecule has 112 valence electrons. The van der Waals surface area contributed by atoms with Crippen molar-refractivity contribution in [3.8, 4) is 11.5 Å². The maximum atomic E-state index is 6.28. The molecule has 20 heavy (non-hydrogen) atoms. The highest BCUT2D eigenvalue weighted by molar-refractivity contribution is 5.33. The summed E-state index contributed by atoms with van der Waals surface area (Å²) in [5.74, 6) is 3.08. The molecule has 0 bridgehead atoms. The summed E-state index contributed by atoms with van der Waals surface area (Å²) in [7, 11) is 1.69. The quantitative estimate of drug-likeness (QED) is 0.893. The van der Waals surface area contributed by atoms with E-state index < -0.39 is 0 Å². The van der Waals surface area contributed by atoms with Crippen molar-refractivity contribution < 1.29 is 9.47 Å². The SMILES string of the molecule is CCNC1CC(C)CC(C)C1Oc1cccc(OC)c1. The lowest BCUT2D eigenvalue weighted by Crippen LogP contribution is -2.50. The molecule has 0 amide bonds. The van der Waals surface area contributed by atoms with Crippen molar-refractivity contribution >= 4 is 0 Å². The van der Waals surface area contributed by atoms with Gasteiger partial charge in [-0.05, 0) is 43.4 Å². The molecule has 0 saturated heterocycles. The molecule has 3 nitrogen and oxygen atoms in total. The zero-order chi connectivity index (χ0) is 14.5. The Morgan fingerprint density at radius 2 is 1.95 bits per heavy atom. The van der Waals surface area contributed by atoms with E-state index in [-0.39, 0.29) is 6.10 Å². The molecule has 1 aromatic carbocycles. The van der Waals surface area contributed by atoms with Crippen molar-refractivity contribution in [2.24, 2.45) is 11.8 Å². The summed E-state index contributed by atoms with van der Waals surface area (Å²) in [4.78, 5) is 0. The van der Waals surface area contributed by atoms with E-state index >= 15 is 0 Å². The minimum absolute atomic E-state index is 0.234. The van der Waals surface area contributed by atoms with Gasteiger partial charge in [0.2, 0.25) is 0 Å². The van der Waals surface area contributed by atoms with Crippen molar-refractivity contribution in [2.75, 3.05) is 13.7 Å². The Bertz CT molecular complexity index is 421. The summed E-state index contributed by atoms with van der Waals surface area (Å²) in [6.07, 6.45) is 2.65. The fourth-order valence-electron chi connectivity index (χ4n) is 3.32. The van der Waals surface area contributed by atoms with Gasteiger partial charge >= 0.3 is 0 Å². The molecule has 3 heteroatoms. The number of nitrogens with one attached hydrogen (secondary N) is 1. The Labute approximate surface area is 122 Å². The second-order valence-electron chi connectivity index (χ2n) is 5.98. The van der Waals surface area contributed by atoms with Gasteiger partial charge in [0.1, 0.15) is 17.6 Å². The molecular formula is C17H27NO2. The normalized spacial score (nSPS) is 30.0. The number of likely N-dealkylation sites (N-methyl/N-ethyl adjacent to an activating group) is 1. The highest BCUT2D eigenvalue weighted by Gasteiger charge is 2.35. The zero-order valence-electron chi connectivity index (χ0n) is 13.1. The van der Waals surface area contributed by atoms with Crippen molar-refractivity contribution in [3.05, 3.63) is 24.3 Å². The van der Waals surface area contributed by atoms with Gasteiger partial charge in [0, 0.05) is 12.1 Å². The Balaban J connectivity index is 2.11. The maximum Gasteiger partial charge on any atom is 0.123 e. The van der Waals surface area contributed by atoms with Gasteiger partial charge < -0.3 is 14.8 Å². The standard InChI is InChI=1S/C17H27NO2/c1-5-18-16-10-12(2)9-13(3)17(16)20-15-8-6-7-14(11-15)19-4/h6-8,11-13,16-18H,5,9-10H2,1-4H3. The van der Waals surface area contributed by atoms with Crippen LogP contribution in [0.4, 0.5) is 0 Å². The lowest BCUT2D eigenvalue weighted by atomic mass is 9.78. The molecule has 0 heterocycles. The third-order valence-corrected chi connectivity index (χ3v) is 4.17. The molecule has 1 saturated carbocycles. The fraction of sp³-hybridized carbons (Fsp3) is 0.647. The van der Waals surface area contributed by atoms with E-state index in [1.165, 1.54) is 12.8 Å². The fourth-order valence-corrected chi connectivity index (χ4v) is 3.32. The summed E-state index contributed by atoms with van der Waals surface area (Å²) < 4.78 is 11.5. The molecule has 0 radical (unpaired) electrons. The molecular weight excluding hydrogens is 250 g/mol. The van der Waals surface area contributed by atoms with Crippen LogP contribution in [-0.4, -0.2) is 25.8 Å². The second-order valence-corrected chi connectivity index (χ2v) is 5.98. The molecule has 4 atom stereocenters. The van der Waals surface area contributed by atoms with Gasteiger partial charge in [0.05, 0.1) is 7.11 Å². The van der Waals surface area contributed by atoms with Crippen LogP contribution in [0.25, 0.3) is 0 Å². The topological polar surface area (TPSA) is 30.5 Å². The van der Waals surface area contributed by atoms with Gasteiger partial charge in [-0.1, -0.05) is 26.8 Å². The average molecular weight is 277 g/mol. The molecule has 1 aliphatic rings. The first kappa shape index (κ1) is 15.2. The Morgan fingerprint density at radius 1 is 1.20 bits per heavy atom. The third-order valence-electron chi connectivity index (χ3n) is 4.17. The zero-order valence-corrected chi connectivity index (χ0v) is 13.1. The number of rotatable bonds is 5. The predicted molar refractivity (Wildman–Crippen MR) is 82.4 cm³/mol. The smallest absolute Gasteiger partial charge is 0.123 e. The van der Waals surface area contributed by atoms with Crippen LogP contribution >= 0.6 is 0 Å². The van der Waals surface area contributed by atoms with Crippen molar-refractivity contribution in [1.82, 2.24) is 5.32 Å². The van der Waals surface area contributed by atoms with Crippen LogP contribution < -0.4 is 14.8 Å². The van der Waals surface area contributed by atoms with E-state index in [9.17, 15) is 0 Å². The molecule has 1 fully saturated rings. The molecule has 4 unspecified atom stereocenters.